The quantitative estimate of drug-likeness (QED) is 0.255. The van der Waals surface area contributed by atoms with Gasteiger partial charge in [0.2, 0.25) is 0 Å². The molecule has 0 heterocycles. The Morgan fingerprint density at radius 1 is 0.829 bits per heavy atom. The van der Waals surface area contributed by atoms with Crippen LogP contribution in [0.2, 0.25) is 5.04 Å². The summed E-state index contributed by atoms with van der Waals surface area (Å²) in [5.41, 5.74) is 0.0908. The first-order chi connectivity index (χ1) is 16.7. The molecular weight excluding hydrogens is 460 g/mol. The Bertz CT molecular complexity index is 1100. The van der Waals surface area contributed by atoms with E-state index in [-0.39, 0.29) is 35.1 Å². The zero-order chi connectivity index (χ0) is 25.5. The summed E-state index contributed by atoms with van der Waals surface area (Å²) in [6.07, 6.45) is 0. The summed E-state index contributed by atoms with van der Waals surface area (Å²) in [4.78, 5) is 23.7. The minimum Gasteiger partial charge on any atom is -0.491 e. The maximum Gasteiger partial charge on any atom is 0.338 e. The highest BCUT2D eigenvalue weighted by Crippen LogP contribution is 2.36. The van der Waals surface area contributed by atoms with Crippen LogP contribution in [0.5, 0.6) is 5.75 Å². The molecule has 3 aromatic rings. The summed E-state index contributed by atoms with van der Waals surface area (Å²) in [6.45, 7) is 8.96. The minimum absolute atomic E-state index is 0.0431. The normalized spacial score (nSPS) is 11.7. The third kappa shape index (κ3) is 5.99. The van der Waals surface area contributed by atoms with Crippen LogP contribution in [0.25, 0.3) is 0 Å². The number of aromatic carboxylic acids is 1. The Morgan fingerprint density at radius 2 is 1.37 bits per heavy atom. The van der Waals surface area contributed by atoms with Crippen molar-refractivity contribution in [2.45, 2.75) is 32.7 Å². The highest BCUT2D eigenvalue weighted by Gasteiger charge is 2.50. The fraction of sp³-hybridized carbons (Fsp3) is 0.286. The summed E-state index contributed by atoms with van der Waals surface area (Å²) in [7, 11) is -2.70. The summed E-state index contributed by atoms with van der Waals surface area (Å²) < 4.78 is 17.7. The van der Waals surface area contributed by atoms with Crippen molar-refractivity contribution in [3.63, 3.8) is 0 Å². The van der Waals surface area contributed by atoms with Crippen LogP contribution in [-0.2, 0) is 9.16 Å². The van der Waals surface area contributed by atoms with E-state index in [0.717, 1.165) is 10.4 Å². The van der Waals surface area contributed by atoms with Crippen molar-refractivity contribution in [3.05, 3.63) is 90.0 Å². The average Bonchev–Trinajstić information content (AvgIpc) is 2.84. The molecule has 35 heavy (non-hydrogen) atoms. The Kier molecular flexibility index (Phi) is 8.48. The van der Waals surface area contributed by atoms with Crippen LogP contribution in [0, 0.1) is 0 Å². The van der Waals surface area contributed by atoms with Crippen molar-refractivity contribution < 1.29 is 28.6 Å². The van der Waals surface area contributed by atoms with Crippen LogP contribution in [0.15, 0.2) is 78.9 Å². The number of hydrogen-bond acceptors (Lipinski definition) is 5. The number of benzene rings is 3. The van der Waals surface area contributed by atoms with Gasteiger partial charge in [-0.3, -0.25) is 0 Å². The van der Waals surface area contributed by atoms with Gasteiger partial charge in [-0.05, 0) is 40.5 Å². The van der Waals surface area contributed by atoms with Gasteiger partial charge in [0.05, 0.1) is 24.3 Å². The van der Waals surface area contributed by atoms with Gasteiger partial charge in [0.1, 0.15) is 12.4 Å². The van der Waals surface area contributed by atoms with Crippen LogP contribution in [-0.4, -0.2) is 45.2 Å². The molecule has 0 aliphatic rings. The van der Waals surface area contributed by atoms with Crippen LogP contribution < -0.4 is 15.1 Å². The van der Waals surface area contributed by atoms with E-state index in [4.69, 9.17) is 13.9 Å². The molecule has 0 saturated carbocycles. The van der Waals surface area contributed by atoms with Crippen LogP contribution in [0.1, 0.15) is 48.4 Å². The van der Waals surface area contributed by atoms with E-state index < -0.39 is 20.3 Å². The standard InChI is InChI=1S/C28H32O6Si/c1-5-32-27(31)22-18-21(26(29)30)19-23(20-22)33-16-17-34-35(28(2,3)4,24-12-8-6-9-13-24)25-14-10-7-11-15-25/h6-15,18-20H,5,16-17H2,1-4H3,(H,29,30). The Morgan fingerprint density at radius 3 is 1.86 bits per heavy atom. The zero-order valence-electron chi connectivity index (χ0n) is 20.6. The molecule has 0 bridgehead atoms. The van der Waals surface area contributed by atoms with E-state index in [0.29, 0.717) is 6.61 Å². The second-order valence-electron chi connectivity index (χ2n) is 9.13. The summed E-state index contributed by atoms with van der Waals surface area (Å²) in [5.74, 6) is -1.47. The van der Waals surface area contributed by atoms with Crippen molar-refractivity contribution in [2.75, 3.05) is 19.8 Å². The third-order valence-corrected chi connectivity index (χ3v) is 10.8. The zero-order valence-corrected chi connectivity index (χ0v) is 21.6. The first-order valence-corrected chi connectivity index (χ1v) is 13.5. The SMILES string of the molecule is CCOC(=O)c1cc(OCCO[Si](c2ccccc2)(c2ccccc2)C(C)(C)C)cc(C(=O)O)c1. The molecule has 184 valence electrons. The lowest BCUT2D eigenvalue weighted by atomic mass is 10.1. The first-order valence-electron chi connectivity index (χ1n) is 11.6. The molecule has 1 N–H and O–H groups in total. The van der Waals surface area contributed by atoms with E-state index in [1.54, 1.807) is 6.92 Å². The summed E-state index contributed by atoms with van der Waals surface area (Å²) in [6, 6.07) is 24.8. The molecule has 0 atom stereocenters. The van der Waals surface area contributed by atoms with E-state index in [1.807, 2.05) is 36.4 Å². The lowest BCUT2D eigenvalue weighted by molar-refractivity contribution is 0.0525. The number of carboxylic acids is 1. The van der Waals surface area contributed by atoms with Gasteiger partial charge >= 0.3 is 11.9 Å². The molecule has 0 radical (unpaired) electrons. The first kappa shape index (κ1) is 26.2. The van der Waals surface area contributed by atoms with Gasteiger partial charge in [-0.25, -0.2) is 9.59 Å². The van der Waals surface area contributed by atoms with Crippen molar-refractivity contribution >= 4 is 30.6 Å². The number of carboxylic acid groups (broad SMARTS) is 1. The molecular formula is C28H32O6Si. The Labute approximate surface area is 207 Å². The van der Waals surface area contributed by atoms with E-state index in [2.05, 4.69) is 45.0 Å². The van der Waals surface area contributed by atoms with Gasteiger partial charge < -0.3 is 19.0 Å². The average molecular weight is 493 g/mol. The molecule has 3 aromatic carbocycles. The Balaban J connectivity index is 1.86. The van der Waals surface area contributed by atoms with Gasteiger partial charge in [-0.15, -0.1) is 0 Å². The third-order valence-electron chi connectivity index (χ3n) is 5.75. The van der Waals surface area contributed by atoms with Crippen LogP contribution >= 0.6 is 0 Å². The number of ether oxygens (including phenoxy) is 2. The summed E-state index contributed by atoms with van der Waals surface area (Å²) >= 11 is 0. The maximum atomic E-state index is 12.2. The van der Waals surface area contributed by atoms with Crippen LogP contribution in [0.3, 0.4) is 0 Å². The Hall–Kier alpha value is -3.42. The molecule has 0 amide bonds. The molecule has 3 rings (SSSR count). The van der Waals surface area contributed by atoms with E-state index in [1.165, 1.54) is 18.2 Å². The molecule has 0 aliphatic heterocycles. The predicted octanol–water partition coefficient (Wildman–Crippen LogP) is 4.52. The molecule has 0 aliphatic carbocycles. The minimum atomic E-state index is -2.70. The lowest BCUT2D eigenvalue weighted by Crippen LogP contribution is -2.66. The monoisotopic (exact) mass is 492 g/mol. The molecule has 0 saturated heterocycles. The van der Waals surface area contributed by atoms with E-state index in [9.17, 15) is 14.7 Å². The van der Waals surface area contributed by atoms with Crippen molar-refractivity contribution in [1.29, 1.82) is 0 Å². The van der Waals surface area contributed by atoms with Gasteiger partial charge in [-0.1, -0.05) is 81.4 Å². The fourth-order valence-corrected chi connectivity index (χ4v) is 8.80. The number of carbonyl (C=O) groups is 2. The molecule has 0 aromatic heterocycles. The highest BCUT2D eigenvalue weighted by molar-refractivity contribution is 6.99. The number of carbonyl (C=O) groups excluding carboxylic acids is 1. The van der Waals surface area contributed by atoms with Crippen LogP contribution in [0.4, 0.5) is 0 Å². The largest absolute Gasteiger partial charge is 0.491 e. The topological polar surface area (TPSA) is 82.1 Å². The molecule has 0 spiro atoms. The molecule has 7 heteroatoms. The van der Waals surface area contributed by atoms with Gasteiger partial charge in [-0.2, -0.15) is 0 Å². The maximum absolute atomic E-state index is 12.2. The molecule has 0 fully saturated rings. The van der Waals surface area contributed by atoms with E-state index >= 15 is 0 Å². The predicted molar refractivity (Wildman–Crippen MR) is 138 cm³/mol. The molecule has 0 unspecified atom stereocenters. The molecule has 6 nitrogen and oxygen atoms in total. The van der Waals surface area contributed by atoms with Gasteiger partial charge in [0.25, 0.3) is 8.32 Å². The van der Waals surface area contributed by atoms with Crippen molar-refractivity contribution in [1.82, 2.24) is 0 Å². The number of esters is 1. The summed E-state index contributed by atoms with van der Waals surface area (Å²) in [5, 5.41) is 11.6. The van der Waals surface area contributed by atoms with Crippen molar-refractivity contribution in [3.8, 4) is 5.75 Å². The second-order valence-corrected chi connectivity index (χ2v) is 13.4. The van der Waals surface area contributed by atoms with Gasteiger partial charge in [0.15, 0.2) is 0 Å². The number of rotatable bonds is 10. The smallest absolute Gasteiger partial charge is 0.338 e. The lowest BCUT2D eigenvalue weighted by Gasteiger charge is -2.43. The van der Waals surface area contributed by atoms with Gasteiger partial charge in [0, 0.05) is 0 Å². The number of hydrogen-bond donors (Lipinski definition) is 1. The highest BCUT2D eigenvalue weighted by atomic mass is 28.4. The van der Waals surface area contributed by atoms with Crippen molar-refractivity contribution in [2.24, 2.45) is 0 Å². The fourth-order valence-electron chi connectivity index (χ4n) is 4.25. The second kappa shape index (κ2) is 11.3.